The minimum absolute atomic E-state index is 0.0330. The molecule has 0 aromatic rings. The van der Waals surface area contributed by atoms with Crippen LogP contribution in [-0.2, 0) is 0 Å². The summed E-state index contributed by atoms with van der Waals surface area (Å²) in [6.45, 7) is 7.36. The van der Waals surface area contributed by atoms with Crippen LogP contribution in [0.5, 0.6) is 0 Å². The average molecular weight is 363 g/mol. The Labute approximate surface area is 161 Å². The lowest BCUT2D eigenvalue weighted by Crippen LogP contribution is -2.54. The SMILES string of the molecule is CCC[C@H](O)C[C@H]1CCC2C3CCC4C[C@@H](O)CCC4(C)C3CCC21C. The van der Waals surface area contributed by atoms with Gasteiger partial charge in [0.1, 0.15) is 0 Å². The average Bonchev–Trinajstić information content (AvgIpc) is 2.92. The van der Waals surface area contributed by atoms with E-state index in [-0.39, 0.29) is 12.2 Å². The molecule has 4 fully saturated rings. The van der Waals surface area contributed by atoms with E-state index in [2.05, 4.69) is 20.8 Å². The maximum atomic E-state index is 10.4. The standard InChI is InChI=1S/C24H42O2/c1-4-5-18(25)14-17-7-9-21-20-8-6-16-15-19(26)10-12-23(16,2)22(20)11-13-24(17,21)3/h16-22,25-26H,4-15H2,1-3H3/t16?,17-,18+,19+,20?,21?,22?,23?,24?/m1/s1. The van der Waals surface area contributed by atoms with Crippen LogP contribution >= 0.6 is 0 Å². The van der Waals surface area contributed by atoms with E-state index in [9.17, 15) is 10.2 Å². The van der Waals surface area contributed by atoms with Crippen LogP contribution in [0.15, 0.2) is 0 Å². The van der Waals surface area contributed by atoms with Crippen molar-refractivity contribution in [2.24, 2.45) is 40.4 Å². The fraction of sp³-hybridized carbons (Fsp3) is 1.00. The van der Waals surface area contributed by atoms with Crippen molar-refractivity contribution in [1.82, 2.24) is 0 Å². The van der Waals surface area contributed by atoms with Gasteiger partial charge in [-0.05, 0) is 111 Å². The van der Waals surface area contributed by atoms with Crippen molar-refractivity contribution >= 4 is 0 Å². The van der Waals surface area contributed by atoms with E-state index in [1.54, 1.807) is 0 Å². The van der Waals surface area contributed by atoms with Crippen molar-refractivity contribution in [3.63, 3.8) is 0 Å². The Kier molecular flexibility index (Phi) is 5.23. The lowest BCUT2D eigenvalue weighted by Gasteiger charge is -2.61. The first-order chi connectivity index (χ1) is 12.4. The van der Waals surface area contributed by atoms with Crippen LogP contribution in [0.3, 0.4) is 0 Å². The minimum atomic E-state index is -0.0774. The maximum absolute atomic E-state index is 10.4. The molecule has 0 amide bonds. The molecule has 0 aliphatic heterocycles. The normalized spacial score (nSPS) is 52.0. The van der Waals surface area contributed by atoms with E-state index < -0.39 is 0 Å². The van der Waals surface area contributed by atoms with Gasteiger partial charge in [-0.3, -0.25) is 0 Å². The molecule has 26 heavy (non-hydrogen) atoms. The Balaban J connectivity index is 1.51. The van der Waals surface area contributed by atoms with E-state index in [1.165, 1.54) is 44.9 Å². The zero-order chi connectivity index (χ0) is 18.5. The van der Waals surface area contributed by atoms with Crippen LogP contribution in [0, 0.1) is 40.4 Å². The molecule has 0 aromatic heterocycles. The first kappa shape index (κ1) is 19.2. The Morgan fingerprint density at radius 1 is 0.923 bits per heavy atom. The maximum Gasteiger partial charge on any atom is 0.0543 e. The molecule has 0 heterocycles. The van der Waals surface area contributed by atoms with Crippen molar-refractivity contribution < 1.29 is 10.2 Å². The molecule has 0 radical (unpaired) electrons. The van der Waals surface area contributed by atoms with Gasteiger partial charge in [-0.1, -0.05) is 27.2 Å². The number of hydrogen-bond acceptors (Lipinski definition) is 2. The Bertz CT molecular complexity index is 504. The van der Waals surface area contributed by atoms with Crippen molar-refractivity contribution in [3.8, 4) is 0 Å². The summed E-state index contributed by atoms with van der Waals surface area (Å²) in [6, 6.07) is 0. The fourth-order valence-corrected chi connectivity index (χ4v) is 8.51. The molecule has 4 saturated carbocycles. The molecular formula is C24H42O2. The van der Waals surface area contributed by atoms with Crippen molar-refractivity contribution in [2.75, 3.05) is 0 Å². The monoisotopic (exact) mass is 362 g/mol. The molecule has 150 valence electrons. The summed E-state index contributed by atoms with van der Waals surface area (Å²) in [5.41, 5.74) is 0.969. The fourth-order valence-electron chi connectivity index (χ4n) is 8.51. The first-order valence-electron chi connectivity index (χ1n) is 11.7. The Hall–Kier alpha value is -0.0800. The van der Waals surface area contributed by atoms with E-state index >= 15 is 0 Å². The number of rotatable bonds is 4. The molecule has 0 spiro atoms. The van der Waals surface area contributed by atoms with Crippen LogP contribution in [-0.4, -0.2) is 22.4 Å². The highest BCUT2D eigenvalue weighted by Crippen LogP contribution is 2.67. The van der Waals surface area contributed by atoms with Gasteiger partial charge in [0, 0.05) is 0 Å². The lowest BCUT2D eigenvalue weighted by molar-refractivity contribution is -0.128. The van der Waals surface area contributed by atoms with Gasteiger partial charge in [0.25, 0.3) is 0 Å². The van der Waals surface area contributed by atoms with Crippen LogP contribution < -0.4 is 0 Å². The Morgan fingerprint density at radius 3 is 2.42 bits per heavy atom. The summed E-state index contributed by atoms with van der Waals surface area (Å²) < 4.78 is 0. The highest BCUT2D eigenvalue weighted by atomic mass is 16.3. The third kappa shape index (κ3) is 2.98. The molecule has 0 aromatic carbocycles. The quantitative estimate of drug-likeness (QED) is 0.687. The van der Waals surface area contributed by atoms with E-state index in [4.69, 9.17) is 0 Å². The molecule has 2 N–H and O–H groups in total. The van der Waals surface area contributed by atoms with Crippen LogP contribution in [0.25, 0.3) is 0 Å². The summed E-state index contributed by atoms with van der Waals surface area (Å²) in [7, 11) is 0. The topological polar surface area (TPSA) is 40.5 Å². The van der Waals surface area contributed by atoms with E-state index in [0.717, 1.165) is 61.7 Å². The second kappa shape index (κ2) is 7.07. The van der Waals surface area contributed by atoms with E-state index in [0.29, 0.717) is 10.8 Å². The van der Waals surface area contributed by atoms with Gasteiger partial charge in [-0.15, -0.1) is 0 Å². The zero-order valence-electron chi connectivity index (χ0n) is 17.4. The van der Waals surface area contributed by atoms with Crippen LogP contribution in [0.1, 0.15) is 97.8 Å². The van der Waals surface area contributed by atoms with Gasteiger partial charge in [0.2, 0.25) is 0 Å². The molecule has 4 aliphatic carbocycles. The van der Waals surface area contributed by atoms with Gasteiger partial charge in [-0.2, -0.15) is 0 Å². The van der Waals surface area contributed by atoms with Crippen molar-refractivity contribution in [2.45, 2.75) is 110 Å². The second-order valence-electron chi connectivity index (χ2n) is 11.1. The van der Waals surface area contributed by atoms with Crippen molar-refractivity contribution in [3.05, 3.63) is 0 Å². The smallest absolute Gasteiger partial charge is 0.0543 e. The third-order valence-electron chi connectivity index (χ3n) is 10.0. The van der Waals surface area contributed by atoms with Crippen LogP contribution in [0.2, 0.25) is 0 Å². The number of aliphatic hydroxyl groups excluding tert-OH is 2. The summed E-state index contributed by atoms with van der Waals surface area (Å²) in [6.07, 6.45) is 14.7. The summed E-state index contributed by atoms with van der Waals surface area (Å²) in [4.78, 5) is 0. The van der Waals surface area contributed by atoms with Crippen molar-refractivity contribution in [1.29, 1.82) is 0 Å². The highest BCUT2D eigenvalue weighted by Gasteiger charge is 2.60. The molecular weight excluding hydrogens is 320 g/mol. The molecule has 4 rings (SSSR count). The summed E-state index contributed by atoms with van der Waals surface area (Å²) in [5.74, 6) is 4.21. The molecule has 2 nitrogen and oxygen atoms in total. The lowest BCUT2D eigenvalue weighted by atomic mass is 9.44. The number of aliphatic hydroxyl groups is 2. The predicted molar refractivity (Wildman–Crippen MR) is 107 cm³/mol. The third-order valence-corrected chi connectivity index (χ3v) is 10.0. The van der Waals surface area contributed by atoms with Gasteiger partial charge >= 0.3 is 0 Å². The van der Waals surface area contributed by atoms with Gasteiger partial charge in [0.05, 0.1) is 12.2 Å². The molecule has 0 bridgehead atoms. The predicted octanol–water partition coefficient (Wildman–Crippen LogP) is 5.56. The zero-order valence-corrected chi connectivity index (χ0v) is 17.4. The Morgan fingerprint density at radius 2 is 1.65 bits per heavy atom. The first-order valence-corrected chi connectivity index (χ1v) is 11.7. The minimum Gasteiger partial charge on any atom is -0.393 e. The van der Waals surface area contributed by atoms with E-state index in [1.807, 2.05) is 0 Å². The van der Waals surface area contributed by atoms with Gasteiger partial charge in [-0.25, -0.2) is 0 Å². The molecule has 6 unspecified atom stereocenters. The van der Waals surface area contributed by atoms with Crippen LogP contribution in [0.4, 0.5) is 0 Å². The largest absolute Gasteiger partial charge is 0.393 e. The number of hydrogen-bond donors (Lipinski definition) is 2. The highest BCUT2D eigenvalue weighted by molar-refractivity contribution is 5.09. The molecule has 4 aliphatic rings. The molecule has 2 heteroatoms. The molecule has 9 atom stereocenters. The number of fused-ring (bicyclic) bond motifs is 5. The second-order valence-corrected chi connectivity index (χ2v) is 11.1. The van der Waals surface area contributed by atoms with Gasteiger partial charge in [0.15, 0.2) is 0 Å². The summed E-state index contributed by atoms with van der Waals surface area (Å²) in [5, 5.41) is 20.6. The summed E-state index contributed by atoms with van der Waals surface area (Å²) >= 11 is 0. The molecule has 0 saturated heterocycles. The van der Waals surface area contributed by atoms with Gasteiger partial charge < -0.3 is 10.2 Å².